The first-order chi connectivity index (χ1) is 7.61. The lowest BCUT2D eigenvalue weighted by Gasteiger charge is -2.13. The minimum atomic E-state index is 0.748. The number of benzene rings is 1. The summed E-state index contributed by atoms with van der Waals surface area (Å²) in [5, 5.41) is 2.62. The Morgan fingerprint density at radius 3 is 2.69 bits per heavy atom. The number of methoxy groups -OCH3 is 1. The Hall–Kier alpha value is -1.81. The number of aryl methyl sites for hydroxylation is 1. The zero-order valence-electron chi connectivity index (χ0n) is 9.69. The first kappa shape index (κ1) is 10.7. The Labute approximate surface area is 94.6 Å². The van der Waals surface area contributed by atoms with Crippen molar-refractivity contribution in [1.29, 1.82) is 0 Å². The van der Waals surface area contributed by atoms with E-state index in [0.717, 1.165) is 28.0 Å². The molecule has 1 heterocycles. The van der Waals surface area contributed by atoms with Gasteiger partial charge in [-0.3, -0.25) is 5.01 Å². The van der Waals surface area contributed by atoms with Crippen molar-refractivity contribution in [2.45, 2.75) is 6.92 Å². The van der Waals surface area contributed by atoms with Gasteiger partial charge in [0.1, 0.15) is 11.6 Å². The van der Waals surface area contributed by atoms with Crippen molar-refractivity contribution in [3.05, 3.63) is 29.8 Å². The maximum absolute atomic E-state index is 5.68. The van der Waals surface area contributed by atoms with Crippen molar-refractivity contribution in [3.8, 4) is 5.75 Å². The monoisotopic (exact) mass is 217 g/mol. The van der Waals surface area contributed by atoms with Crippen molar-refractivity contribution < 1.29 is 4.74 Å². The van der Waals surface area contributed by atoms with Gasteiger partial charge in [0.2, 0.25) is 0 Å². The smallest absolute Gasteiger partial charge is 0.143 e. The molecular weight excluding hydrogens is 202 g/mol. The van der Waals surface area contributed by atoms with Crippen molar-refractivity contribution in [3.63, 3.8) is 0 Å². The van der Waals surface area contributed by atoms with E-state index in [-0.39, 0.29) is 0 Å². The van der Waals surface area contributed by atoms with Crippen molar-refractivity contribution >= 4 is 16.7 Å². The van der Waals surface area contributed by atoms with Crippen LogP contribution in [-0.2, 0) is 0 Å². The number of anilines is 1. The molecule has 1 aromatic heterocycles. The van der Waals surface area contributed by atoms with Gasteiger partial charge in [-0.2, -0.15) is 0 Å². The molecule has 2 N–H and O–H groups in total. The number of ether oxygens (including phenoxy) is 1. The van der Waals surface area contributed by atoms with Crippen molar-refractivity contribution in [1.82, 2.24) is 4.98 Å². The lowest BCUT2D eigenvalue weighted by Crippen LogP contribution is -2.26. The molecule has 0 radical (unpaired) electrons. The highest BCUT2D eigenvalue weighted by Crippen LogP contribution is 2.24. The molecule has 84 valence electrons. The normalized spacial score (nSPS) is 10.5. The molecule has 0 spiro atoms. The molecule has 0 aliphatic heterocycles. The van der Waals surface area contributed by atoms with Gasteiger partial charge in [0.05, 0.1) is 12.6 Å². The fourth-order valence-electron chi connectivity index (χ4n) is 1.67. The average Bonchev–Trinajstić information content (AvgIpc) is 2.28. The van der Waals surface area contributed by atoms with E-state index in [1.54, 1.807) is 14.2 Å². The van der Waals surface area contributed by atoms with Crippen LogP contribution in [-0.4, -0.2) is 19.1 Å². The summed E-state index contributed by atoms with van der Waals surface area (Å²) < 4.78 is 5.18. The van der Waals surface area contributed by atoms with Crippen LogP contribution in [0.3, 0.4) is 0 Å². The Bertz CT molecular complexity index is 523. The van der Waals surface area contributed by atoms with E-state index in [1.807, 2.05) is 31.2 Å². The van der Waals surface area contributed by atoms with Crippen molar-refractivity contribution in [2.75, 3.05) is 19.2 Å². The summed E-state index contributed by atoms with van der Waals surface area (Å²) in [6.45, 7) is 2.05. The predicted molar refractivity (Wildman–Crippen MR) is 65.6 cm³/mol. The number of aromatic nitrogens is 1. The Morgan fingerprint density at radius 2 is 2.06 bits per heavy atom. The summed E-state index contributed by atoms with van der Waals surface area (Å²) in [4.78, 5) is 4.47. The number of nitrogens with zero attached hydrogens (tertiary/aromatic N) is 2. The molecule has 16 heavy (non-hydrogen) atoms. The van der Waals surface area contributed by atoms with Gasteiger partial charge in [0.15, 0.2) is 0 Å². The summed E-state index contributed by atoms with van der Waals surface area (Å²) in [5.74, 6) is 7.23. The van der Waals surface area contributed by atoms with Crippen LogP contribution in [0, 0.1) is 6.92 Å². The topological polar surface area (TPSA) is 51.4 Å². The van der Waals surface area contributed by atoms with Crippen LogP contribution in [0.5, 0.6) is 5.75 Å². The standard InChI is InChI=1S/C12H15N3O/c1-8-6-12(15(2)13)14-11-7-9(16-3)4-5-10(8)11/h4-7H,13H2,1-3H3. The van der Waals surface area contributed by atoms with Gasteiger partial charge < -0.3 is 4.74 Å². The van der Waals surface area contributed by atoms with E-state index >= 15 is 0 Å². The summed E-state index contributed by atoms with van der Waals surface area (Å²) >= 11 is 0. The van der Waals surface area contributed by atoms with Crippen LogP contribution in [0.2, 0.25) is 0 Å². The molecule has 2 rings (SSSR count). The Kier molecular flexibility index (Phi) is 2.66. The maximum atomic E-state index is 5.68. The van der Waals surface area contributed by atoms with E-state index < -0.39 is 0 Å². The molecule has 0 atom stereocenters. The second kappa shape index (κ2) is 3.98. The van der Waals surface area contributed by atoms with Crippen LogP contribution in [0.4, 0.5) is 5.82 Å². The molecule has 4 heteroatoms. The number of pyridine rings is 1. The maximum Gasteiger partial charge on any atom is 0.143 e. The highest BCUT2D eigenvalue weighted by Gasteiger charge is 2.05. The average molecular weight is 217 g/mol. The number of hydrogen-bond acceptors (Lipinski definition) is 4. The molecule has 0 unspecified atom stereocenters. The van der Waals surface area contributed by atoms with Gasteiger partial charge in [-0.15, -0.1) is 0 Å². The predicted octanol–water partition coefficient (Wildman–Crippen LogP) is 1.86. The highest BCUT2D eigenvalue weighted by molar-refractivity contribution is 5.85. The molecule has 0 aliphatic carbocycles. The van der Waals surface area contributed by atoms with E-state index in [1.165, 1.54) is 5.01 Å². The van der Waals surface area contributed by atoms with Gasteiger partial charge in [-0.1, -0.05) is 0 Å². The first-order valence-corrected chi connectivity index (χ1v) is 5.05. The van der Waals surface area contributed by atoms with E-state index in [0.29, 0.717) is 0 Å². The molecule has 1 aromatic carbocycles. The number of fused-ring (bicyclic) bond motifs is 1. The lowest BCUT2D eigenvalue weighted by molar-refractivity contribution is 0.415. The minimum Gasteiger partial charge on any atom is -0.497 e. The Balaban J connectivity index is 2.68. The molecule has 0 saturated heterocycles. The van der Waals surface area contributed by atoms with Gasteiger partial charge in [-0.25, -0.2) is 10.8 Å². The lowest BCUT2D eigenvalue weighted by atomic mass is 10.1. The van der Waals surface area contributed by atoms with Gasteiger partial charge in [0, 0.05) is 18.5 Å². The third-order valence-corrected chi connectivity index (χ3v) is 2.57. The third-order valence-electron chi connectivity index (χ3n) is 2.57. The zero-order valence-corrected chi connectivity index (χ0v) is 9.69. The van der Waals surface area contributed by atoms with Crippen LogP contribution < -0.4 is 15.6 Å². The van der Waals surface area contributed by atoms with E-state index in [4.69, 9.17) is 10.6 Å². The van der Waals surface area contributed by atoms with Gasteiger partial charge >= 0.3 is 0 Å². The fraction of sp³-hybridized carbons (Fsp3) is 0.250. The van der Waals surface area contributed by atoms with E-state index in [9.17, 15) is 0 Å². The quantitative estimate of drug-likeness (QED) is 0.616. The molecule has 0 amide bonds. The largest absolute Gasteiger partial charge is 0.497 e. The van der Waals surface area contributed by atoms with Crippen LogP contribution >= 0.6 is 0 Å². The van der Waals surface area contributed by atoms with Crippen molar-refractivity contribution in [2.24, 2.45) is 5.84 Å². The number of hydrogen-bond donors (Lipinski definition) is 1. The highest BCUT2D eigenvalue weighted by atomic mass is 16.5. The molecule has 0 fully saturated rings. The molecule has 4 nitrogen and oxygen atoms in total. The van der Waals surface area contributed by atoms with Gasteiger partial charge in [-0.05, 0) is 30.7 Å². The zero-order chi connectivity index (χ0) is 11.7. The Morgan fingerprint density at radius 1 is 1.31 bits per heavy atom. The second-order valence-corrected chi connectivity index (χ2v) is 3.79. The van der Waals surface area contributed by atoms with E-state index in [2.05, 4.69) is 4.98 Å². The number of rotatable bonds is 2. The SMILES string of the molecule is COc1ccc2c(C)cc(N(C)N)nc2c1. The third kappa shape index (κ3) is 1.79. The summed E-state index contributed by atoms with van der Waals surface area (Å²) in [5.41, 5.74) is 2.05. The molecule has 0 saturated carbocycles. The molecular formula is C12H15N3O. The molecule has 0 aliphatic rings. The molecule has 0 bridgehead atoms. The molecule has 2 aromatic rings. The van der Waals surface area contributed by atoms with Crippen LogP contribution in [0.15, 0.2) is 24.3 Å². The summed E-state index contributed by atoms with van der Waals surface area (Å²) in [6, 6.07) is 7.82. The minimum absolute atomic E-state index is 0.748. The van der Waals surface area contributed by atoms with Crippen LogP contribution in [0.25, 0.3) is 10.9 Å². The fourth-order valence-corrected chi connectivity index (χ4v) is 1.67. The van der Waals surface area contributed by atoms with Crippen LogP contribution in [0.1, 0.15) is 5.56 Å². The van der Waals surface area contributed by atoms with Gasteiger partial charge in [0.25, 0.3) is 0 Å². The summed E-state index contributed by atoms with van der Waals surface area (Å²) in [7, 11) is 3.42. The second-order valence-electron chi connectivity index (χ2n) is 3.79. The summed E-state index contributed by atoms with van der Waals surface area (Å²) in [6.07, 6.45) is 0. The first-order valence-electron chi connectivity index (χ1n) is 5.05. The number of nitrogens with two attached hydrogens (primary N) is 1. The number of hydrazine groups is 1.